The standard InChI is InChI=1S/C18H18FN3O3S/c19-16-4-2-1-3-13(16)14-10-15(14)18(23)21-12-6-5-11-7-8-22(17(11)9-12)26(20,24)25/h1-6,9,14-15H,7-8,10H2,(H,21,23)(H2,20,24,25)/t14-,15-/m1/s1. The van der Waals surface area contributed by atoms with Crippen molar-refractivity contribution in [2.45, 2.75) is 18.8 Å². The van der Waals surface area contributed by atoms with Crippen LogP contribution < -0.4 is 14.8 Å². The molecule has 136 valence electrons. The lowest BCUT2D eigenvalue weighted by Crippen LogP contribution is -2.35. The quantitative estimate of drug-likeness (QED) is 0.857. The zero-order chi connectivity index (χ0) is 18.5. The van der Waals surface area contributed by atoms with E-state index in [1.165, 1.54) is 6.07 Å². The smallest absolute Gasteiger partial charge is 0.299 e. The summed E-state index contributed by atoms with van der Waals surface area (Å²) in [6, 6.07) is 11.6. The van der Waals surface area contributed by atoms with E-state index < -0.39 is 10.2 Å². The van der Waals surface area contributed by atoms with Gasteiger partial charge in [-0.1, -0.05) is 24.3 Å². The summed E-state index contributed by atoms with van der Waals surface area (Å²) in [5.74, 6) is -0.895. The highest BCUT2D eigenvalue weighted by Gasteiger charge is 2.45. The molecular formula is C18H18FN3O3S. The van der Waals surface area contributed by atoms with E-state index in [2.05, 4.69) is 5.32 Å². The van der Waals surface area contributed by atoms with Crippen molar-refractivity contribution in [1.82, 2.24) is 0 Å². The molecule has 4 rings (SSSR count). The van der Waals surface area contributed by atoms with Gasteiger partial charge < -0.3 is 5.32 Å². The minimum atomic E-state index is -3.84. The van der Waals surface area contributed by atoms with E-state index in [0.29, 0.717) is 36.3 Å². The molecule has 2 aromatic rings. The first-order chi connectivity index (χ1) is 12.3. The van der Waals surface area contributed by atoms with Crippen molar-refractivity contribution in [3.05, 3.63) is 59.4 Å². The fourth-order valence-electron chi connectivity index (χ4n) is 3.53. The molecule has 0 saturated heterocycles. The van der Waals surface area contributed by atoms with Crippen molar-refractivity contribution < 1.29 is 17.6 Å². The van der Waals surface area contributed by atoms with Gasteiger partial charge in [-0.25, -0.2) is 9.53 Å². The number of benzene rings is 2. The van der Waals surface area contributed by atoms with Crippen molar-refractivity contribution in [3.63, 3.8) is 0 Å². The first-order valence-corrected chi connectivity index (χ1v) is 9.83. The van der Waals surface area contributed by atoms with Crippen LogP contribution in [0.1, 0.15) is 23.5 Å². The molecule has 1 heterocycles. The van der Waals surface area contributed by atoms with Crippen LogP contribution in [-0.4, -0.2) is 20.9 Å². The molecule has 0 spiro atoms. The van der Waals surface area contributed by atoms with Crippen LogP contribution in [0.4, 0.5) is 15.8 Å². The lowest BCUT2D eigenvalue weighted by Gasteiger charge is -2.16. The highest BCUT2D eigenvalue weighted by atomic mass is 32.2. The number of anilines is 2. The third-order valence-corrected chi connectivity index (χ3v) is 5.94. The summed E-state index contributed by atoms with van der Waals surface area (Å²) in [5.41, 5.74) is 2.42. The van der Waals surface area contributed by atoms with Crippen LogP contribution in [0.2, 0.25) is 0 Å². The lowest BCUT2D eigenvalue weighted by molar-refractivity contribution is -0.117. The Morgan fingerprint density at radius 2 is 2.00 bits per heavy atom. The Bertz CT molecular complexity index is 993. The Morgan fingerprint density at radius 3 is 2.73 bits per heavy atom. The van der Waals surface area contributed by atoms with Gasteiger partial charge in [0.2, 0.25) is 5.91 Å². The van der Waals surface area contributed by atoms with Gasteiger partial charge in [0.1, 0.15) is 5.82 Å². The number of hydrogen-bond acceptors (Lipinski definition) is 3. The van der Waals surface area contributed by atoms with Crippen LogP contribution in [0.15, 0.2) is 42.5 Å². The average molecular weight is 375 g/mol. The number of carbonyl (C=O) groups excluding carboxylic acids is 1. The fourth-order valence-corrected chi connectivity index (χ4v) is 4.32. The molecule has 2 aliphatic rings. The highest BCUT2D eigenvalue weighted by Crippen LogP contribution is 2.48. The number of halogens is 1. The van der Waals surface area contributed by atoms with Gasteiger partial charge in [0.15, 0.2) is 0 Å². The maximum Gasteiger partial charge on any atom is 0.299 e. The molecule has 0 bridgehead atoms. The van der Waals surface area contributed by atoms with Gasteiger partial charge in [-0.15, -0.1) is 0 Å². The van der Waals surface area contributed by atoms with E-state index in [1.807, 2.05) is 0 Å². The highest BCUT2D eigenvalue weighted by molar-refractivity contribution is 7.90. The molecule has 2 aromatic carbocycles. The number of rotatable bonds is 4. The SMILES string of the molecule is NS(=O)(=O)N1CCc2ccc(NC(=O)[C@@H]3C[C@@H]3c3ccccc3F)cc21. The molecule has 2 atom stereocenters. The zero-order valence-electron chi connectivity index (χ0n) is 13.9. The van der Waals surface area contributed by atoms with E-state index in [4.69, 9.17) is 5.14 Å². The van der Waals surface area contributed by atoms with E-state index in [1.54, 1.807) is 36.4 Å². The molecular weight excluding hydrogens is 357 g/mol. The predicted octanol–water partition coefficient (Wildman–Crippen LogP) is 2.13. The van der Waals surface area contributed by atoms with E-state index in [9.17, 15) is 17.6 Å². The number of nitrogens with zero attached hydrogens (tertiary/aromatic N) is 1. The van der Waals surface area contributed by atoms with Crippen molar-refractivity contribution in [1.29, 1.82) is 0 Å². The summed E-state index contributed by atoms with van der Waals surface area (Å²) in [6.45, 7) is 0.295. The second-order valence-electron chi connectivity index (χ2n) is 6.67. The summed E-state index contributed by atoms with van der Waals surface area (Å²) in [5, 5.41) is 8.04. The van der Waals surface area contributed by atoms with E-state index in [-0.39, 0.29) is 23.6 Å². The normalized spacial score (nSPS) is 21.4. The number of fused-ring (bicyclic) bond motifs is 1. The summed E-state index contributed by atoms with van der Waals surface area (Å²) in [4.78, 5) is 12.5. The van der Waals surface area contributed by atoms with Gasteiger partial charge in [-0.3, -0.25) is 9.10 Å². The third-order valence-electron chi connectivity index (χ3n) is 4.94. The van der Waals surface area contributed by atoms with Crippen molar-refractivity contribution in [2.75, 3.05) is 16.2 Å². The van der Waals surface area contributed by atoms with E-state index in [0.717, 1.165) is 9.87 Å². The van der Waals surface area contributed by atoms with Crippen LogP contribution in [0.5, 0.6) is 0 Å². The summed E-state index contributed by atoms with van der Waals surface area (Å²) in [7, 11) is -3.84. The van der Waals surface area contributed by atoms with Gasteiger partial charge in [0, 0.05) is 18.2 Å². The number of amides is 1. The second-order valence-corrected chi connectivity index (χ2v) is 8.14. The Labute approximate surface area is 151 Å². The van der Waals surface area contributed by atoms with Crippen molar-refractivity contribution in [3.8, 4) is 0 Å². The number of nitrogens with two attached hydrogens (primary N) is 1. The minimum absolute atomic E-state index is 0.119. The number of nitrogens with one attached hydrogen (secondary N) is 1. The topological polar surface area (TPSA) is 92.5 Å². The average Bonchev–Trinajstić information content (AvgIpc) is 3.25. The maximum atomic E-state index is 13.8. The molecule has 1 saturated carbocycles. The first kappa shape index (κ1) is 17.0. The molecule has 1 aliphatic carbocycles. The zero-order valence-corrected chi connectivity index (χ0v) is 14.7. The van der Waals surface area contributed by atoms with Crippen LogP contribution in [0, 0.1) is 11.7 Å². The van der Waals surface area contributed by atoms with Crippen molar-refractivity contribution in [2.24, 2.45) is 11.1 Å². The monoisotopic (exact) mass is 375 g/mol. The Kier molecular flexibility index (Phi) is 3.96. The Hall–Kier alpha value is -2.45. The summed E-state index contributed by atoms with van der Waals surface area (Å²) < 4.78 is 38.3. The minimum Gasteiger partial charge on any atom is -0.326 e. The van der Waals surface area contributed by atoms with Gasteiger partial charge in [0.25, 0.3) is 10.2 Å². The molecule has 1 fully saturated rings. The maximum absolute atomic E-state index is 13.8. The molecule has 0 unspecified atom stereocenters. The van der Waals surface area contributed by atoms with Gasteiger partial charge in [0.05, 0.1) is 5.69 Å². The van der Waals surface area contributed by atoms with E-state index >= 15 is 0 Å². The molecule has 0 aromatic heterocycles. The molecule has 26 heavy (non-hydrogen) atoms. The number of hydrogen-bond donors (Lipinski definition) is 2. The molecule has 1 aliphatic heterocycles. The first-order valence-electron chi connectivity index (χ1n) is 8.33. The van der Waals surface area contributed by atoms with Crippen LogP contribution >= 0.6 is 0 Å². The predicted molar refractivity (Wildman–Crippen MR) is 96.5 cm³/mol. The second kappa shape index (κ2) is 6.07. The number of carbonyl (C=O) groups is 1. The Balaban J connectivity index is 1.49. The Morgan fingerprint density at radius 1 is 1.23 bits per heavy atom. The van der Waals surface area contributed by atoms with Gasteiger partial charge in [-0.05, 0) is 48.1 Å². The molecule has 3 N–H and O–H groups in total. The van der Waals surface area contributed by atoms with Crippen molar-refractivity contribution >= 4 is 27.5 Å². The third kappa shape index (κ3) is 3.06. The van der Waals surface area contributed by atoms with Crippen LogP contribution in [-0.2, 0) is 21.4 Å². The summed E-state index contributed by atoms with van der Waals surface area (Å²) in [6.07, 6.45) is 1.18. The largest absolute Gasteiger partial charge is 0.326 e. The van der Waals surface area contributed by atoms with Gasteiger partial charge >= 0.3 is 0 Å². The van der Waals surface area contributed by atoms with Gasteiger partial charge in [-0.2, -0.15) is 8.42 Å². The molecule has 0 radical (unpaired) electrons. The molecule has 1 amide bonds. The van der Waals surface area contributed by atoms with Crippen LogP contribution in [0.3, 0.4) is 0 Å². The lowest BCUT2D eigenvalue weighted by atomic mass is 10.1. The molecule has 6 nitrogen and oxygen atoms in total. The fraction of sp³-hybridized carbons (Fsp3) is 0.278. The summed E-state index contributed by atoms with van der Waals surface area (Å²) >= 11 is 0. The molecule has 8 heteroatoms. The van der Waals surface area contributed by atoms with Crippen LogP contribution in [0.25, 0.3) is 0 Å².